The van der Waals surface area contributed by atoms with E-state index in [1.165, 1.54) is 13.8 Å². The van der Waals surface area contributed by atoms with Crippen LogP contribution in [0.1, 0.15) is 27.2 Å². The summed E-state index contributed by atoms with van der Waals surface area (Å²) in [5.41, 5.74) is -2.79. The van der Waals surface area contributed by atoms with E-state index >= 15 is 0 Å². The van der Waals surface area contributed by atoms with Crippen molar-refractivity contribution in [2.24, 2.45) is 5.92 Å². The number of aliphatic hydroxyl groups is 1. The molecule has 8 nitrogen and oxygen atoms in total. The molecule has 0 saturated heterocycles. The Morgan fingerprint density at radius 3 is 1.95 bits per heavy atom. The Labute approximate surface area is 115 Å². The van der Waals surface area contributed by atoms with Gasteiger partial charge in [-0.3, -0.25) is 14.4 Å². The third-order valence-corrected chi connectivity index (χ3v) is 2.46. The molecular weight excluding hydrogens is 272 g/mol. The fraction of sp³-hybridized carbons (Fsp3) is 0.667. The first-order valence-corrected chi connectivity index (χ1v) is 5.99. The normalized spacial score (nSPS) is 14.8. The number of carbonyl (C=O) groups is 4. The van der Waals surface area contributed by atoms with Gasteiger partial charge in [0.1, 0.15) is 5.78 Å². The standard InChI is InChI=1S/C12H18O8/c1-4-19-10(16)9(7(3)13)12(18,6-8(14)15)11(17)20-5-2/h9,18H,4-6H2,1-3H3,(H,14,15). The van der Waals surface area contributed by atoms with Crippen LogP contribution in [-0.4, -0.2) is 52.7 Å². The molecule has 0 aliphatic heterocycles. The van der Waals surface area contributed by atoms with Gasteiger partial charge in [0, 0.05) is 0 Å². The van der Waals surface area contributed by atoms with E-state index in [0.29, 0.717) is 0 Å². The van der Waals surface area contributed by atoms with Crippen LogP contribution in [0.5, 0.6) is 0 Å². The van der Waals surface area contributed by atoms with Crippen LogP contribution in [0.4, 0.5) is 0 Å². The van der Waals surface area contributed by atoms with E-state index < -0.39 is 41.6 Å². The van der Waals surface area contributed by atoms with Gasteiger partial charge in [0.2, 0.25) is 0 Å². The maximum atomic E-state index is 11.8. The van der Waals surface area contributed by atoms with Gasteiger partial charge in [-0.05, 0) is 20.8 Å². The largest absolute Gasteiger partial charge is 0.481 e. The average molecular weight is 290 g/mol. The predicted molar refractivity (Wildman–Crippen MR) is 64.6 cm³/mol. The lowest BCUT2D eigenvalue weighted by Gasteiger charge is -2.29. The van der Waals surface area contributed by atoms with Crippen LogP contribution in [-0.2, 0) is 28.7 Å². The van der Waals surface area contributed by atoms with Crippen LogP contribution >= 0.6 is 0 Å². The molecule has 2 atom stereocenters. The molecular formula is C12H18O8. The molecule has 0 bridgehead atoms. The van der Waals surface area contributed by atoms with Crippen LogP contribution in [0.25, 0.3) is 0 Å². The lowest BCUT2D eigenvalue weighted by molar-refractivity contribution is -0.186. The number of aliphatic carboxylic acids is 1. The van der Waals surface area contributed by atoms with Crippen LogP contribution < -0.4 is 0 Å². The first kappa shape index (κ1) is 18.0. The second kappa shape index (κ2) is 7.59. The molecule has 0 aromatic rings. The number of ketones is 1. The van der Waals surface area contributed by atoms with Crippen molar-refractivity contribution in [3.8, 4) is 0 Å². The number of hydrogen-bond acceptors (Lipinski definition) is 7. The monoisotopic (exact) mass is 290 g/mol. The molecule has 114 valence electrons. The fourth-order valence-electron chi connectivity index (χ4n) is 1.70. The minimum Gasteiger partial charge on any atom is -0.481 e. The summed E-state index contributed by atoms with van der Waals surface area (Å²) < 4.78 is 9.16. The van der Waals surface area contributed by atoms with Gasteiger partial charge in [-0.15, -0.1) is 0 Å². The summed E-state index contributed by atoms with van der Waals surface area (Å²) in [6.07, 6.45) is -1.14. The van der Waals surface area contributed by atoms with Crippen LogP contribution in [0, 0.1) is 5.92 Å². The first-order chi connectivity index (χ1) is 9.20. The number of carbonyl (C=O) groups excluding carboxylic acids is 3. The van der Waals surface area contributed by atoms with Crippen molar-refractivity contribution in [3.05, 3.63) is 0 Å². The number of carboxylic acid groups (broad SMARTS) is 1. The van der Waals surface area contributed by atoms with Crippen molar-refractivity contribution >= 4 is 23.7 Å². The lowest BCUT2D eigenvalue weighted by Crippen LogP contribution is -2.54. The van der Waals surface area contributed by atoms with Gasteiger partial charge in [0.05, 0.1) is 19.6 Å². The van der Waals surface area contributed by atoms with E-state index in [1.807, 2.05) is 0 Å². The molecule has 0 radical (unpaired) electrons. The highest BCUT2D eigenvalue weighted by molar-refractivity contribution is 6.05. The minimum atomic E-state index is -2.79. The van der Waals surface area contributed by atoms with Crippen molar-refractivity contribution in [1.82, 2.24) is 0 Å². The molecule has 0 aliphatic carbocycles. The smallest absolute Gasteiger partial charge is 0.340 e. The van der Waals surface area contributed by atoms with Crippen molar-refractivity contribution < 1.29 is 38.9 Å². The Hall–Kier alpha value is -1.96. The summed E-state index contributed by atoms with van der Waals surface area (Å²) in [6, 6.07) is 0. The number of carboxylic acids is 1. The van der Waals surface area contributed by atoms with Gasteiger partial charge >= 0.3 is 17.9 Å². The summed E-state index contributed by atoms with van der Waals surface area (Å²) in [5, 5.41) is 19.0. The molecule has 2 N–H and O–H groups in total. The second-order valence-corrected chi connectivity index (χ2v) is 4.01. The highest BCUT2D eigenvalue weighted by Crippen LogP contribution is 2.26. The van der Waals surface area contributed by atoms with Crippen LogP contribution in [0.15, 0.2) is 0 Å². The van der Waals surface area contributed by atoms with E-state index in [9.17, 15) is 24.3 Å². The highest BCUT2D eigenvalue weighted by atomic mass is 16.6. The molecule has 2 unspecified atom stereocenters. The molecule has 0 aromatic carbocycles. The Balaban J connectivity index is 5.64. The molecule has 0 aromatic heterocycles. The lowest BCUT2D eigenvalue weighted by atomic mass is 9.82. The molecule has 8 heteroatoms. The van der Waals surface area contributed by atoms with Crippen molar-refractivity contribution in [1.29, 1.82) is 0 Å². The zero-order valence-electron chi connectivity index (χ0n) is 11.5. The van der Waals surface area contributed by atoms with Gasteiger partial charge in [-0.25, -0.2) is 4.79 Å². The second-order valence-electron chi connectivity index (χ2n) is 4.01. The Morgan fingerprint density at radius 1 is 1.10 bits per heavy atom. The molecule has 0 rings (SSSR count). The van der Waals surface area contributed by atoms with E-state index in [1.54, 1.807) is 0 Å². The van der Waals surface area contributed by atoms with Gasteiger partial charge < -0.3 is 19.7 Å². The topological polar surface area (TPSA) is 127 Å². The maximum Gasteiger partial charge on any atom is 0.340 e. The van der Waals surface area contributed by atoms with Gasteiger partial charge in [-0.2, -0.15) is 0 Å². The average Bonchev–Trinajstić information content (AvgIpc) is 2.27. The summed E-state index contributed by atoms with van der Waals surface area (Å²) in [7, 11) is 0. The molecule has 0 fully saturated rings. The zero-order chi connectivity index (χ0) is 15.9. The molecule has 0 saturated carbocycles. The number of Topliss-reactive ketones (excluding diaryl/α,β-unsaturated/α-hetero) is 1. The molecule has 20 heavy (non-hydrogen) atoms. The number of esters is 2. The van der Waals surface area contributed by atoms with E-state index in [2.05, 4.69) is 9.47 Å². The Morgan fingerprint density at radius 2 is 1.60 bits per heavy atom. The summed E-state index contributed by atoms with van der Waals surface area (Å²) in [5.74, 6) is -6.92. The van der Waals surface area contributed by atoms with Gasteiger partial charge in [0.15, 0.2) is 11.5 Å². The van der Waals surface area contributed by atoms with Crippen molar-refractivity contribution in [3.63, 3.8) is 0 Å². The van der Waals surface area contributed by atoms with Crippen molar-refractivity contribution in [2.45, 2.75) is 32.8 Å². The number of rotatable bonds is 8. The van der Waals surface area contributed by atoms with E-state index in [-0.39, 0.29) is 13.2 Å². The Bertz CT molecular complexity index is 402. The third-order valence-electron chi connectivity index (χ3n) is 2.46. The van der Waals surface area contributed by atoms with E-state index in [0.717, 1.165) is 6.92 Å². The molecule has 0 heterocycles. The van der Waals surface area contributed by atoms with Crippen LogP contribution in [0.3, 0.4) is 0 Å². The highest BCUT2D eigenvalue weighted by Gasteiger charge is 2.54. The molecule has 0 amide bonds. The predicted octanol–water partition coefficient (Wildman–Crippen LogP) is -0.476. The molecule has 0 aliphatic rings. The van der Waals surface area contributed by atoms with Crippen LogP contribution in [0.2, 0.25) is 0 Å². The fourth-order valence-corrected chi connectivity index (χ4v) is 1.70. The minimum absolute atomic E-state index is 0.0887. The summed E-state index contributed by atoms with van der Waals surface area (Å²) in [6.45, 7) is 3.62. The first-order valence-electron chi connectivity index (χ1n) is 5.99. The summed E-state index contributed by atoms with van der Waals surface area (Å²) in [4.78, 5) is 45.8. The zero-order valence-corrected chi connectivity index (χ0v) is 11.5. The summed E-state index contributed by atoms with van der Waals surface area (Å²) >= 11 is 0. The maximum absolute atomic E-state index is 11.8. The SMILES string of the molecule is CCOC(=O)C(C(C)=O)C(O)(CC(=O)O)C(=O)OCC. The number of hydrogen-bond donors (Lipinski definition) is 2. The van der Waals surface area contributed by atoms with Crippen molar-refractivity contribution in [2.75, 3.05) is 13.2 Å². The quantitative estimate of drug-likeness (QED) is 0.453. The third kappa shape index (κ3) is 4.30. The number of ether oxygens (including phenoxy) is 2. The Kier molecular flexibility index (Phi) is 6.84. The van der Waals surface area contributed by atoms with Gasteiger partial charge in [0.25, 0.3) is 0 Å². The van der Waals surface area contributed by atoms with Gasteiger partial charge in [-0.1, -0.05) is 0 Å². The molecule has 0 spiro atoms. The van der Waals surface area contributed by atoms with E-state index in [4.69, 9.17) is 5.11 Å².